The highest BCUT2D eigenvalue weighted by molar-refractivity contribution is 7.89. The van der Waals surface area contributed by atoms with E-state index in [0.717, 1.165) is 26.1 Å². The molecule has 0 aliphatic carbocycles. The van der Waals surface area contributed by atoms with Gasteiger partial charge in [-0.05, 0) is 39.7 Å². The zero-order valence-electron chi connectivity index (χ0n) is 13.8. The van der Waals surface area contributed by atoms with Crippen molar-refractivity contribution in [3.8, 4) is 0 Å². The van der Waals surface area contributed by atoms with Gasteiger partial charge in [0.25, 0.3) is 0 Å². The quantitative estimate of drug-likeness (QED) is 0.332. The molecule has 1 aliphatic heterocycles. The third-order valence-electron chi connectivity index (χ3n) is 3.84. The Morgan fingerprint density at radius 3 is 2.77 bits per heavy atom. The molecule has 1 aliphatic rings. The van der Waals surface area contributed by atoms with E-state index in [1.807, 2.05) is 6.92 Å². The number of aliphatic imine (C=N–C) groups is 1. The van der Waals surface area contributed by atoms with Gasteiger partial charge < -0.3 is 15.5 Å². The SMILES string of the molecule is CCNC(=NCCCN1CCCCC1C)NCCS(N)(=O)=O. The third-order valence-corrected chi connectivity index (χ3v) is 4.61. The van der Waals surface area contributed by atoms with Crippen LogP contribution in [0.3, 0.4) is 0 Å². The summed E-state index contributed by atoms with van der Waals surface area (Å²) >= 11 is 0. The molecule has 0 bridgehead atoms. The van der Waals surface area contributed by atoms with Crippen LogP contribution in [0.4, 0.5) is 0 Å². The number of sulfonamides is 1. The Bertz CT molecular complexity index is 439. The van der Waals surface area contributed by atoms with Gasteiger partial charge in [0, 0.05) is 32.2 Å². The summed E-state index contributed by atoms with van der Waals surface area (Å²) in [7, 11) is -3.43. The number of nitrogens with zero attached hydrogens (tertiary/aromatic N) is 2. The Labute approximate surface area is 134 Å². The molecule has 0 amide bonds. The summed E-state index contributed by atoms with van der Waals surface area (Å²) < 4.78 is 21.8. The van der Waals surface area contributed by atoms with Crippen LogP contribution in [0, 0.1) is 0 Å². The van der Waals surface area contributed by atoms with Crippen LogP contribution in [0.25, 0.3) is 0 Å². The van der Waals surface area contributed by atoms with Gasteiger partial charge in [-0.2, -0.15) is 0 Å². The fourth-order valence-corrected chi connectivity index (χ4v) is 2.99. The van der Waals surface area contributed by atoms with Crippen LogP contribution in [0.5, 0.6) is 0 Å². The highest BCUT2D eigenvalue weighted by Gasteiger charge is 2.16. The van der Waals surface area contributed by atoms with Crippen molar-refractivity contribution in [2.45, 2.75) is 45.6 Å². The predicted octanol–water partition coefficient (Wildman–Crippen LogP) is 0.0945. The molecule has 0 aromatic heterocycles. The van der Waals surface area contributed by atoms with E-state index >= 15 is 0 Å². The van der Waals surface area contributed by atoms with Gasteiger partial charge in [0.2, 0.25) is 10.0 Å². The molecule has 1 fully saturated rings. The molecule has 8 heteroatoms. The highest BCUT2D eigenvalue weighted by atomic mass is 32.2. The molecule has 1 atom stereocenters. The van der Waals surface area contributed by atoms with Crippen LogP contribution in [-0.4, -0.2) is 63.8 Å². The van der Waals surface area contributed by atoms with Crippen LogP contribution in [0.1, 0.15) is 39.5 Å². The van der Waals surface area contributed by atoms with Crippen molar-refractivity contribution in [1.82, 2.24) is 15.5 Å². The number of likely N-dealkylation sites (tertiary alicyclic amines) is 1. The molecular formula is C14H31N5O2S. The number of primary sulfonamides is 1. The second-order valence-corrected chi connectivity index (χ2v) is 7.52. The van der Waals surface area contributed by atoms with Gasteiger partial charge in [0.15, 0.2) is 5.96 Å². The molecule has 22 heavy (non-hydrogen) atoms. The zero-order chi connectivity index (χ0) is 16.4. The Kier molecular flexibility index (Phi) is 8.74. The summed E-state index contributed by atoms with van der Waals surface area (Å²) in [6.07, 6.45) is 4.94. The number of piperidine rings is 1. The molecule has 7 nitrogen and oxygen atoms in total. The number of rotatable bonds is 8. The molecule has 1 rings (SSSR count). The second-order valence-electron chi connectivity index (χ2n) is 5.79. The van der Waals surface area contributed by atoms with Crippen molar-refractivity contribution >= 4 is 16.0 Å². The summed E-state index contributed by atoms with van der Waals surface area (Å²) in [5.74, 6) is 0.556. The molecule has 0 aromatic rings. The van der Waals surface area contributed by atoms with E-state index in [9.17, 15) is 8.42 Å². The van der Waals surface area contributed by atoms with E-state index in [4.69, 9.17) is 5.14 Å². The number of hydrogen-bond donors (Lipinski definition) is 3. The molecule has 1 heterocycles. The number of hydrogen-bond acceptors (Lipinski definition) is 4. The smallest absolute Gasteiger partial charge is 0.210 e. The van der Waals surface area contributed by atoms with Crippen LogP contribution >= 0.6 is 0 Å². The maximum atomic E-state index is 10.9. The first-order valence-electron chi connectivity index (χ1n) is 8.19. The Morgan fingerprint density at radius 1 is 1.36 bits per heavy atom. The molecule has 0 radical (unpaired) electrons. The first-order valence-corrected chi connectivity index (χ1v) is 9.90. The summed E-state index contributed by atoms with van der Waals surface area (Å²) in [5.41, 5.74) is 0. The Morgan fingerprint density at radius 2 is 2.14 bits per heavy atom. The van der Waals surface area contributed by atoms with Crippen molar-refractivity contribution in [1.29, 1.82) is 0 Å². The maximum absolute atomic E-state index is 10.9. The number of nitrogens with two attached hydrogens (primary N) is 1. The van der Waals surface area contributed by atoms with Crippen molar-refractivity contribution in [2.24, 2.45) is 10.1 Å². The minimum atomic E-state index is -3.43. The summed E-state index contributed by atoms with van der Waals surface area (Å²) in [5, 5.41) is 11.1. The molecule has 1 unspecified atom stereocenters. The molecule has 130 valence electrons. The molecule has 0 spiro atoms. The topological polar surface area (TPSA) is 99.8 Å². The van der Waals surface area contributed by atoms with Gasteiger partial charge in [-0.1, -0.05) is 6.42 Å². The van der Waals surface area contributed by atoms with Gasteiger partial charge in [-0.25, -0.2) is 13.6 Å². The maximum Gasteiger partial charge on any atom is 0.210 e. The third kappa shape index (κ3) is 8.55. The lowest BCUT2D eigenvalue weighted by Crippen LogP contribution is -2.40. The Balaban J connectivity index is 2.29. The lowest BCUT2D eigenvalue weighted by molar-refractivity contribution is 0.160. The average Bonchev–Trinajstić information content (AvgIpc) is 2.44. The van der Waals surface area contributed by atoms with Crippen molar-refractivity contribution < 1.29 is 8.42 Å². The average molecular weight is 334 g/mol. The van der Waals surface area contributed by atoms with Crippen molar-refractivity contribution in [3.05, 3.63) is 0 Å². The molecule has 0 aromatic carbocycles. The Hall–Kier alpha value is -0.860. The van der Waals surface area contributed by atoms with Gasteiger partial charge in [0.1, 0.15) is 0 Å². The highest BCUT2D eigenvalue weighted by Crippen LogP contribution is 2.16. The number of guanidine groups is 1. The lowest BCUT2D eigenvalue weighted by Gasteiger charge is -2.33. The second kappa shape index (κ2) is 10.0. The summed E-state index contributed by atoms with van der Waals surface area (Å²) in [4.78, 5) is 7.00. The van der Waals surface area contributed by atoms with Crippen LogP contribution in [-0.2, 0) is 10.0 Å². The van der Waals surface area contributed by atoms with Gasteiger partial charge in [0.05, 0.1) is 5.75 Å². The predicted molar refractivity (Wildman–Crippen MR) is 91.5 cm³/mol. The lowest BCUT2D eigenvalue weighted by atomic mass is 10.0. The monoisotopic (exact) mass is 333 g/mol. The van der Waals surface area contributed by atoms with Gasteiger partial charge >= 0.3 is 0 Å². The largest absolute Gasteiger partial charge is 0.357 e. The van der Waals surface area contributed by atoms with E-state index in [-0.39, 0.29) is 12.3 Å². The fourth-order valence-electron chi connectivity index (χ4n) is 2.61. The van der Waals surface area contributed by atoms with Crippen molar-refractivity contribution in [2.75, 3.05) is 38.5 Å². The van der Waals surface area contributed by atoms with Crippen LogP contribution in [0.2, 0.25) is 0 Å². The first kappa shape index (κ1) is 19.2. The van der Waals surface area contributed by atoms with E-state index in [1.54, 1.807) is 0 Å². The number of nitrogens with one attached hydrogen (secondary N) is 2. The van der Waals surface area contributed by atoms with E-state index in [2.05, 4.69) is 27.4 Å². The van der Waals surface area contributed by atoms with E-state index in [1.165, 1.54) is 25.8 Å². The summed E-state index contributed by atoms with van der Waals surface area (Å²) in [6.45, 7) is 8.28. The van der Waals surface area contributed by atoms with Crippen molar-refractivity contribution in [3.63, 3.8) is 0 Å². The normalized spacial score (nSPS) is 20.9. The standard InChI is InChI=1S/C14H31N5O2S/c1-3-16-14(18-9-12-22(15,20)21)17-8-6-11-19-10-5-4-7-13(19)2/h13H,3-12H2,1-2H3,(H2,15,20,21)(H2,16,17,18). The molecular weight excluding hydrogens is 302 g/mol. The van der Waals surface area contributed by atoms with Crippen LogP contribution < -0.4 is 15.8 Å². The molecule has 1 saturated heterocycles. The van der Waals surface area contributed by atoms with Gasteiger partial charge in [-0.15, -0.1) is 0 Å². The van der Waals surface area contributed by atoms with E-state index in [0.29, 0.717) is 12.0 Å². The zero-order valence-corrected chi connectivity index (χ0v) is 14.7. The first-order chi connectivity index (χ1) is 10.4. The minimum absolute atomic E-state index is 0.0945. The molecule has 0 saturated carbocycles. The fraction of sp³-hybridized carbons (Fsp3) is 0.929. The summed E-state index contributed by atoms with van der Waals surface area (Å²) in [6, 6.07) is 0.679. The van der Waals surface area contributed by atoms with Gasteiger partial charge in [-0.3, -0.25) is 4.99 Å². The minimum Gasteiger partial charge on any atom is -0.357 e. The van der Waals surface area contributed by atoms with Crippen LogP contribution in [0.15, 0.2) is 4.99 Å². The van der Waals surface area contributed by atoms with E-state index < -0.39 is 10.0 Å². The molecule has 4 N–H and O–H groups in total.